The summed E-state index contributed by atoms with van der Waals surface area (Å²) in [7, 11) is 0. The van der Waals surface area contributed by atoms with Gasteiger partial charge in [0.2, 0.25) is 0 Å². The van der Waals surface area contributed by atoms with Gasteiger partial charge in [-0.15, -0.1) is 0 Å². The number of hydrogen-bond donors (Lipinski definition) is 2. The van der Waals surface area contributed by atoms with E-state index in [1.807, 2.05) is 30.4 Å². The van der Waals surface area contributed by atoms with Gasteiger partial charge in [-0.1, -0.05) is 177 Å². The van der Waals surface area contributed by atoms with Crippen molar-refractivity contribution in [3.05, 3.63) is 72.9 Å². The van der Waals surface area contributed by atoms with Crippen LogP contribution >= 0.6 is 0 Å². The Bertz CT molecular complexity index is 958. The molecule has 0 rings (SSSR count). The Morgan fingerprint density at radius 3 is 1.58 bits per heavy atom. The number of unbranched alkanes of at least 4 members (excludes halogenated alkanes) is 12. The summed E-state index contributed by atoms with van der Waals surface area (Å²) in [6.45, 7) is 6.37. The second-order valence-electron chi connectivity index (χ2n) is 13.7. The number of hydrogen-bond acceptors (Lipinski definition) is 6. The molecule has 0 aliphatic carbocycles. The minimum absolute atomic E-state index is 0.151. The Kier molecular flexibility index (Phi) is 35.5. The first-order valence-electron chi connectivity index (χ1n) is 20.0. The van der Waals surface area contributed by atoms with E-state index < -0.39 is 12.2 Å². The molecule has 0 aromatic carbocycles. The number of rotatable bonds is 34. The fourth-order valence-corrected chi connectivity index (χ4v) is 5.20. The number of carbonyl (C=O) groups is 2. The molecule has 0 aromatic rings. The maximum Gasteiger partial charge on any atom is 0.306 e. The second-order valence-corrected chi connectivity index (χ2v) is 13.7. The molecule has 0 spiro atoms. The van der Waals surface area contributed by atoms with Gasteiger partial charge in [0, 0.05) is 12.8 Å². The molecule has 0 aromatic heterocycles. The summed E-state index contributed by atoms with van der Waals surface area (Å²) in [5, 5.41) is 19.8. The van der Waals surface area contributed by atoms with Crippen LogP contribution in [0.2, 0.25) is 0 Å². The molecule has 0 bridgehead atoms. The van der Waals surface area contributed by atoms with Crippen LogP contribution in [0.5, 0.6) is 0 Å². The van der Waals surface area contributed by atoms with Gasteiger partial charge in [0.15, 0.2) is 0 Å². The first kappa shape index (κ1) is 47.3. The predicted molar refractivity (Wildman–Crippen MR) is 211 cm³/mol. The fourth-order valence-electron chi connectivity index (χ4n) is 5.20. The third-order valence-corrected chi connectivity index (χ3v) is 8.23. The van der Waals surface area contributed by atoms with Crippen LogP contribution in [0, 0.1) is 5.92 Å². The molecule has 1 unspecified atom stereocenters. The lowest BCUT2D eigenvalue weighted by atomic mass is 10.0. The molecule has 6 heteroatoms. The van der Waals surface area contributed by atoms with Crippen molar-refractivity contribution in [2.45, 2.75) is 174 Å². The summed E-state index contributed by atoms with van der Waals surface area (Å²) >= 11 is 0. The van der Waals surface area contributed by atoms with Crippen molar-refractivity contribution < 1.29 is 29.3 Å². The van der Waals surface area contributed by atoms with E-state index in [4.69, 9.17) is 9.47 Å². The average molecular weight is 699 g/mol. The van der Waals surface area contributed by atoms with E-state index in [-0.39, 0.29) is 31.6 Å². The summed E-state index contributed by atoms with van der Waals surface area (Å²) < 4.78 is 10.3. The van der Waals surface area contributed by atoms with Gasteiger partial charge in [0.05, 0.1) is 6.10 Å². The van der Waals surface area contributed by atoms with E-state index in [2.05, 4.69) is 57.2 Å². The van der Waals surface area contributed by atoms with E-state index >= 15 is 0 Å². The zero-order chi connectivity index (χ0) is 36.8. The Balaban J connectivity index is 3.62. The standard InChI is InChI=1S/C44H74O6/c1-4-5-28-34-41(45)35-30-25-21-17-13-9-7-11-15-19-23-27-32-37-44(48)50-39-42(46)38-49-43(47)36-31-26-22-18-14-10-6-8-12-16-20-24-29-33-40(2)3/h5,9,11,13,15,21,23,25,27-28,30,35,40-42,45-46H,4,6-8,10,12,14,16-20,22,24,26,29,31-34,36-39H2,1-3H3/b13-9-,15-11-,25-21+,27-23-,28-5-,35-30+/t41?,42-/m0/s1. The molecular weight excluding hydrogens is 624 g/mol. The van der Waals surface area contributed by atoms with Crippen LogP contribution in [0.25, 0.3) is 0 Å². The lowest BCUT2D eigenvalue weighted by Gasteiger charge is -2.12. The van der Waals surface area contributed by atoms with Crippen LogP contribution in [0.3, 0.4) is 0 Å². The van der Waals surface area contributed by atoms with E-state index in [1.54, 1.807) is 6.08 Å². The third kappa shape index (κ3) is 38.1. The molecule has 0 fully saturated rings. The van der Waals surface area contributed by atoms with Gasteiger partial charge in [-0.2, -0.15) is 0 Å². The van der Waals surface area contributed by atoms with E-state index in [0.717, 1.165) is 50.9 Å². The molecule has 2 N–H and O–H groups in total. The van der Waals surface area contributed by atoms with Gasteiger partial charge in [-0.25, -0.2) is 0 Å². The summed E-state index contributed by atoms with van der Waals surface area (Å²) in [6, 6.07) is 0. The largest absolute Gasteiger partial charge is 0.463 e. The minimum atomic E-state index is -1.01. The van der Waals surface area contributed by atoms with Crippen LogP contribution in [0.15, 0.2) is 72.9 Å². The highest BCUT2D eigenvalue weighted by molar-refractivity contribution is 5.70. The smallest absolute Gasteiger partial charge is 0.306 e. The zero-order valence-corrected chi connectivity index (χ0v) is 32.2. The molecule has 6 nitrogen and oxygen atoms in total. The third-order valence-electron chi connectivity index (χ3n) is 8.23. The highest BCUT2D eigenvalue weighted by atomic mass is 16.6. The van der Waals surface area contributed by atoms with Crippen molar-refractivity contribution in [3.8, 4) is 0 Å². The van der Waals surface area contributed by atoms with Gasteiger partial charge >= 0.3 is 11.9 Å². The van der Waals surface area contributed by atoms with Crippen molar-refractivity contribution in [2.75, 3.05) is 13.2 Å². The Morgan fingerprint density at radius 1 is 0.560 bits per heavy atom. The van der Waals surface area contributed by atoms with Gasteiger partial charge in [-0.05, 0) is 50.9 Å². The summed E-state index contributed by atoms with van der Waals surface area (Å²) in [5.74, 6) is 0.156. The number of ether oxygens (including phenoxy) is 2. The number of aliphatic hydroxyl groups is 2. The van der Waals surface area contributed by atoms with Crippen molar-refractivity contribution in [1.29, 1.82) is 0 Å². The number of esters is 2. The molecule has 2 atom stereocenters. The van der Waals surface area contributed by atoms with Gasteiger partial charge in [0.25, 0.3) is 0 Å². The molecule has 0 saturated carbocycles. The maximum absolute atomic E-state index is 12.0. The van der Waals surface area contributed by atoms with E-state index in [1.165, 1.54) is 70.6 Å². The van der Waals surface area contributed by atoms with Crippen LogP contribution in [-0.4, -0.2) is 47.6 Å². The van der Waals surface area contributed by atoms with Gasteiger partial charge in [-0.3, -0.25) is 9.59 Å². The molecular formula is C44H74O6. The second kappa shape index (κ2) is 37.6. The lowest BCUT2D eigenvalue weighted by molar-refractivity contribution is -0.152. The van der Waals surface area contributed by atoms with Crippen LogP contribution < -0.4 is 0 Å². The van der Waals surface area contributed by atoms with Crippen molar-refractivity contribution in [3.63, 3.8) is 0 Å². The van der Waals surface area contributed by atoms with Crippen LogP contribution in [0.4, 0.5) is 0 Å². The number of allylic oxidation sites excluding steroid dienone is 10. The summed E-state index contributed by atoms with van der Waals surface area (Å²) in [6.07, 6.45) is 45.8. The molecule has 286 valence electrons. The summed E-state index contributed by atoms with van der Waals surface area (Å²) in [4.78, 5) is 23.9. The van der Waals surface area contributed by atoms with Crippen molar-refractivity contribution in [2.24, 2.45) is 5.92 Å². The predicted octanol–water partition coefficient (Wildman–Crippen LogP) is 11.4. The molecule has 0 amide bonds. The van der Waals surface area contributed by atoms with Crippen molar-refractivity contribution >= 4 is 11.9 Å². The molecule has 0 saturated heterocycles. The average Bonchev–Trinajstić information content (AvgIpc) is 3.09. The van der Waals surface area contributed by atoms with Crippen LogP contribution in [0.1, 0.15) is 162 Å². The van der Waals surface area contributed by atoms with Gasteiger partial charge in [0.1, 0.15) is 19.3 Å². The molecule has 0 radical (unpaired) electrons. The number of carbonyl (C=O) groups excluding carboxylic acids is 2. The summed E-state index contributed by atoms with van der Waals surface area (Å²) in [5.41, 5.74) is 0. The Hall–Kier alpha value is -2.70. The zero-order valence-electron chi connectivity index (χ0n) is 32.2. The normalized spacial score (nSPS) is 13.7. The van der Waals surface area contributed by atoms with E-state index in [0.29, 0.717) is 19.3 Å². The Labute approximate surface area is 306 Å². The Morgan fingerprint density at radius 2 is 1.04 bits per heavy atom. The topological polar surface area (TPSA) is 93.1 Å². The quantitative estimate of drug-likeness (QED) is 0.0301. The van der Waals surface area contributed by atoms with Gasteiger partial charge < -0.3 is 19.7 Å². The fraction of sp³-hybridized carbons (Fsp3) is 0.682. The molecule has 0 heterocycles. The highest BCUT2D eigenvalue weighted by Crippen LogP contribution is 2.15. The first-order valence-corrected chi connectivity index (χ1v) is 20.0. The number of aliphatic hydroxyl groups excluding tert-OH is 2. The first-order chi connectivity index (χ1) is 24.3. The van der Waals surface area contributed by atoms with Crippen molar-refractivity contribution in [1.82, 2.24) is 0 Å². The monoisotopic (exact) mass is 699 g/mol. The maximum atomic E-state index is 12.0. The minimum Gasteiger partial charge on any atom is -0.463 e. The van der Waals surface area contributed by atoms with Crippen LogP contribution in [-0.2, 0) is 19.1 Å². The molecule has 0 aliphatic rings. The highest BCUT2D eigenvalue weighted by Gasteiger charge is 2.11. The SMILES string of the molecule is CC/C=C\CC(O)/C=C/C=C/C/C=C\C/C=C\C/C=C\CCC(=O)OC[C@@H](O)COC(=O)CCCCCCCCCCCCCCCC(C)C. The lowest BCUT2D eigenvalue weighted by Crippen LogP contribution is -2.25. The van der Waals surface area contributed by atoms with E-state index in [9.17, 15) is 19.8 Å². The molecule has 50 heavy (non-hydrogen) atoms. The molecule has 0 aliphatic heterocycles.